The quantitative estimate of drug-likeness (QED) is 0.480. The molecule has 1 aliphatic heterocycles. The second-order valence-electron chi connectivity index (χ2n) is 4.34. The van der Waals surface area contributed by atoms with Crippen molar-refractivity contribution >= 4 is 5.82 Å². The van der Waals surface area contributed by atoms with E-state index < -0.39 is 36.5 Å². The summed E-state index contributed by atoms with van der Waals surface area (Å²) in [6.07, 6.45) is -2.81. The van der Waals surface area contributed by atoms with Gasteiger partial charge in [-0.1, -0.05) is 0 Å². The third-order valence-corrected chi connectivity index (χ3v) is 3.09. The number of aliphatic hydroxyl groups is 3. The first-order valence-electron chi connectivity index (χ1n) is 6.10. The smallest absolute Gasteiger partial charge is 0.353 e. The van der Waals surface area contributed by atoms with E-state index in [1.165, 1.54) is 12.3 Å². The molecule has 9 heteroatoms. The van der Waals surface area contributed by atoms with Gasteiger partial charge in [0.1, 0.15) is 18.0 Å². The fraction of sp³-hybridized carbons (Fsp3) is 0.636. The molecule has 1 fully saturated rings. The van der Waals surface area contributed by atoms with E-state index in [0.29, 0.717) is 0 Å². The summed E-state index contributed by atoms with van der Waals surface area (Å²) in [5, 5.41) is 29.1. The van der Waals surface area contributed by atoms with Crippen molar-refractivity contribution < 1.29 is 24.8 Å². The maximum absolute atomic E-state index is 11.9. The Morgan fingerprint density at radius 3 is 2.80 bits per heavy atom. The summed E-state index contributed by atoms with van der Waals surface area (Å²) in [5.74, 6) is -1.94. The van der Waals surface area contributed by atoms with Crippen LogP contribution in [0.15, 0.2) is 17.1 Å². The molecule has 4 atom stereocenters. The van der Waals surface area contributed by atoms with Gasteiger partial charge in [-0.05, 0) is 13.0 Å². The predicted molar refractivity (Wildman–Crippen MR) is 66.5 cm³/mol. The van der Waals surface area contributed by atoms with Crippen LogP contribution in [0.2, 0.25) is 0 Å². The highest BCUT2D eigenvalue weighted by atomic mass is 16.7. The molecule has 20 heavy (non-hydrogen) atoms. The first-order valence-corrected chi connectivity index (χ1v) is 6.10. The molecule has 0 unspecified atom stereocenters. The fourth-order valence-corrected chi connectivity index (χ4v) is 2.17. The number of ether oxygens (including phenoxy) is 2. The molecule has 0 aliphatic carbocycles. The fourth-order valence-electron chi connectivity index (χ4n) is 2.17. The van der Waals surface area contributed by atoms with Crippen molar-refractivity contribution in [3.8, 4) is 0 Å². The summed E-state index contributed by atoms with van der Waals surface area (Å²) < 4.78 is 11.6. The normalized spacial score (nSPS) is 33.5. The van der Waals surface area contributed by atoms with Crippen molar-refractivity contribution in [3.63, 3.8) is 0 Å². The van der Waals surface area contributed by atoms with Gasteiger partial charge in [-0.3, -0.25) is 0 Å². The van der Waals surface area contributed by atoms with Crippen molar-refractivity contribution in [1.82, 2.24) is 9.55 Å². The molecule has 9 nitrogen and oxygen atoms in total. The van der Waals surface area contributed by atoms with Gasteiger partial charge < -0.3 is 30.5 Å². The summed E-state index contributed by atoms with van der Waals surface area (Å²) >= 11 is 0. The van der Waals surface area contributed by atoms with Crippen molar-refractivity contribution in [2.45, 2.75) is 31.1 Å². The number of hydrogen-bond acceptors (Lipinski definition) is 8. The molecule has 112 valence electrons. The lowest BCUT2D eigenvalue weighted by Crippen LogP contribution is -2.52. The monoisotopic (exact) mass is 287 g/mol. The summed E-state index contributed by atoms with van der Waals surface area (Å²) in [5.41, 5.74) is 4.60. The number of anilines is 1. The Labute approximate surface area is 114 Å². The minimum atomic E-state index is -1.95. The highest BCUT2D eigenvalue weighted by Crippen LogP contribution is 2.35. The van der Waals surface area contributed by atoms with E-state index in [2.05, 4.69) is 4.98 Å². The Hall–Kier alpha value is -1.52. The Morgan fingerprint density at radius 2 is 2.30 bits per heavy atom. The maximum Gasteiger partial charge on any atom is 0.353 e. The van der Waals surface area contributed by atoms with E-state index in [1.807, 2.05) is 0 Å². The lowest BCUT2D eigenvalue weighted by Gasteiger charge is -2.32. The molecule has 0 bridgehead atoms. The second kappa shape index (κ2) is 5.46. The molecule has 2 rings (SSSR count). The van der Waals surface area contributed by atoms with Gasteiger partial charge in [-0.15, -0.1) is 0 Å². The second-order valence-corrected chi connectivity index (χ2v) is 4.34. The van der Waals surface area contributed by atoms with Gasteiger partial charge in [0.25, 0.3) is 5.91 Å². The van der Waals surface area contributed by atoms with Crippen LogP contribution in [-0.2, 0) is 15.4 Å². The van der Waals surface area contributed by atoms with E-state index in [9.17, 15) is 15.0 Å². The van der Waals surface area contributed by atoms with Gasteiger partial charge in [0.2, 0.25) is 0 Å². The Morgan fingerprint density at radius 1 is 1.60 bits per heavy atom. The Kier molecular flexibility index (Phi) is 4.06. The molecule has 1 saturated heterocycles. The summed E-state index contributed by atoms with van der Waals surface area (Å²) in [7, 11) is 0. The molecule has 0 saturated carbocycles. The van der Waals surface area contributed by atoms with E-state index in [-0.39, 0.29) is 12.4 Å². The molecular weight excluding hydrogens is 270 g/mol. The maximum atomic E-state index is 11.9. The lowest BCUT2D eigenvalue weighted by atomic mass is 10.1. The van der Waals surface area contributed by atoms with Gasteiger partial charge >= 0.3 is 5.69 Å². The highest BCUT2D eigenvalue weighted by Gasteiger charge is 2.57. The number of nitrogens with zero attached hydrogens (tertiary/aromatic N) is 2. The zero-order chi connectivity index (χ0) is 14.9. The van der Waals surface area contributed by atoms with Crippen LogP contribution in [0.25, 0.3) is 0 Å². The van der Waals surface area contributed by atoms with Crippen LogP contribution in [0, 0.1) is 0 Å². The van der Waals surface area contributed by atoms with Crippen LogP contribution in [0.3, 0.4) is 0 Å². The van der Waals surface area contributed by atoms with Crippen LogP contribution in [0.4, 0.5) is 5.82 Å². The zero-order valence-electron chi connectivity index (χ0n) is 10.8. The van der Waals surface area contributed by atoms with E-state index in [0.717, 1.165) is 4.57 Å². The van der Waals surface area contributed by atoms with Crippen LogP contribution in [-0.4, -0.2) is 56.4 Å². The topological polar surface area (TPSA) is 140 Å². The zero-order valence-corrected chi connectivity index (χ0v) is 10.8. The summed E-state index contributed by atoms with van der Waals surface area (Å²) in [6.45, 7) is 1.19. The lowest BCUT2D eigenvalue weighted by molar-refractivity contribution is -0.316. The molecule has 2 heterocycles. The van der Waals surface area contributed by atoms with Gasteiger partial charge in [0.15, 0.2) is 6.10 Å². The number of rotatable bonds is 4. The molecule has 5 N–H and O–H groups in total. The van der Waals surface area contributed by atoms with Crippen LogP contribution in [0.1, 0.15) is 6.92 Å². The standard InChI is InChI=1S/C11H17N3O6/c1-2-19-11(9(17)8(16)6(5-15)20-11)14-4-3-7(12)13-10(14)18/h3-4,6,8-9,15-17H,2,5H2,1H3,(H2,12,13,18)/t6-,8-,9-,11-/m1/s1. The largest absolute Gasteiger partial charge is 0.394 e. The average Bonchev–Trinajstić information content (AvgIpc) is 2.65. The summed E-state index contributed by atoms with van der Waals surface area (Å²) in [6, 6.07) is 1.33. The van der Waals surface area contributed by atoms with E-state index >= 15 is 0 Å². The van der Waals surface area contributed by atoms with Gasteiger partial charge in [0, 0.05) is 12.8 Å². The Balaban J connectivity index is 2.53. The number of hydrogen-bond donors (Lipinski definition) is 4. The Bertz CT molecular complexity index is 535. The molecule has 1 aromatic heterocycles. The SMILES string of the molecule is CCO[C@@]1(n2ccc(N)nc2=O)O[C@H](CO)[C@@H](O)[C@H]1O. The summed E-state index contributed by atoms with van der Waals surface area (Å²) in [4.78, 5) is 15.4. The number of aliphatic hydroxyl groups excluding tert-OH is 3. The first-order chi connectivity index (χ1) is 9.46. The van der Waals surface area contributed by atoms with Gasteiger partial charge in [-0.2, -0.15) is 4.98 Å². The molecular formula is C11H17N3O6. The molecule has 1 aliphatic rings. The molecule has 0 radical (unpaired) electrons. The van der Waals surface area contributed by atoms with Crippen LogP contribution >= 0.6 is 0 Å². The number of aromatic nitrogens is 2. The average molecular weight is 287 g/mol. The van der Waals surface area contributed by atoms with Gasteiger partial charge in [-0.25, -0.2) is 9.36 Å². The third kappa shape index (κ3) is 2.19. The third-order valence-electron chi connectivity index (χ3n) is 3.09. The minimum Gasteiger partial charge on any atom is -0.394 e. The minimum absolute atomic E-state index is 0.00430. The number of nitrogens with two attached hydrogens (primary N) is 1. The molecule has 0 aromatic carbocycles. The van der Waals surface area contributed by atoms with Gasteiger partial charge in [0.05, 0.1) is 6.61 Å². The van der Waals surface area contributed by atoms with Crippen LogP contribution < -0.4 is 11.4 Å². The first kappa shape index (κ1) is 14.9. The van der Waals surface area contributed by atoms with Crippen molar-refractivity contribution in [2.75, 3.05) is 18.9 Å². The van der Waals surface area contributed by atoms with Crippen molar-refractivity contribution in [2.24, 2.45) is 0 Å². The van der Waals surface area contributed by atoms with E-state index in [4.69, 9.17) is 20.3 Å². The number of nitrogen functional groups attached to an aromatic ring is 1. The highest BCUT2D eigenvalue weighted by molar-refractivity contribution is 5.24. The predicted octanol–water partition coefficient (Wildman–Crippen LogP) is -2.41. The van der Waals surface area contributed by atoms with Crippen LogP contribution in [0.5, 0.6) is 0 Å². The van der Waals surface area contributed by atoms with Crippen molar-refractivity contribution in [1.29, 1.82) is 0 Å². The molecule has 0 spiro atoms. The van der Waals surface area contributed by atoms with Crippen molar-refractivity contribution in [3.05, 3.63) is 22.7 Å². The molecule has 0 amide bonds. The molecule has 1 aromatic rings. The van der Waals surface area contributed by atoms with E-state index in [1.54, 1.807) is 6.92 Å².